The van der Waals surface area contributed by atoms with Crippen LogP contribution in [0.1, 0.15) is 22.8 Å². The van der Waals surface area contributed by atoms with E-state index in [1.165, 1.54) is 5.56 Å². The van der Waals surface area contributed by atoms with E-state index >= 15 is 0 Å². The number of aromatic nitrogens is 2. The van der Waals surface area contributed by atoms with E-state index in [0.717, 1.165) is 23.1 Å². The molecule has 3 aromatic rings. The molecular weight excluding hydrogens is 288 g/mol. The van der Waals surface area contributed by atoms with Crippen molar-refractivity contribution in [2.75, 3.05) is 19.4 Å². The van der Waals surface area contributed by atoms with E-state index in [1.54, 1.807) is 25.1 Å². The van der Waals surface area contributed by atoms with Gasteiger partial charge in [-0.3, -0.25) is 4.79 Å². The molecule has 0 aliphatic carbocycles. The average molecular weight is 308 g/mol. The summed E-state index contributed by atoms with van der Waals surface area (Å²) in [5, 5.41) is 3.25. The molecule has 0 aliphatic heterocycles. The Morgan fingerprint density at radius 3 is 2.57 bits per heavy atom. The molecule has 118 valence electrons. The quantitative estimate of drug-likeness (QED) is 0.774. The molecule has 0 unspecified atom stereocenters. The van der Waals surface area contributed by atoms with Gasteiger partial charge in [-0.2, -0.15) is 0 Å². The van der Waals surface area contributed by atoms with Crippen molar-refractivity contribution < 1.29 is 4.79 Å². The molecule has 0 fully saturated rings. The van der Waals surface area contributed by atoms with Gasteiger partial charge in [0.05, 0.1) is 11.0 Å². The Labute approximate surface area is 135 Å². The maximum absolute atomic E-state index is 12.0. The first-order chi connectivity index (χ1) is 11.1. The summed E-state index contributed by atoms with van der Waals surface area (Å²) in [6.07, 6.45) is 1.02. The van der Waals surface area contributed by atoms with E-state index in [-0.39, 0.29) is 5.91 Å². The van der Waals surface area contributed by atoms with Gasteiger partial charge in [0.25, 0.3) is 5.91 Å². The summed E-state index contributed by atoms with van der Waals surface area (Å²) >= 11 is 0. The van der Waals surface area contributed by atoms with Crippen molar-refractivity contribution in [2.24, 2.45) is 0 Å². The topological polar surface area (TPSA) is 61.0 Å². The predicted octanol–water partition coefficient (Wildman–Crippen LogP) is 3.57. The van der Waals surface area contributed by atoms with E-state index in [1.807, 2.05) is 24.3 Å². The summed E-state index contributed by atoms with van der Waals surface area (Å²) in [6, 6.07) is 13.7. The lowest BCUT2D eigenvalue weighted by Crippen LogP contribution is -2.21. The van der Waals surface area contributed by atoms with Crippen LogP contribution in [0, 0.1) is 0 Å². The van der Waals surface area contributed by atoms with Gasteiger partial charge in [0.15, 0.2) is 0 Å². The zero-order valence-corrected chi connectivity index (χ0v) is 13.6. The van der Waals surface area contributed by atoms with Crippen molar-refractivity contribution in [2.45, 2.75) is 13.3 Å². The minimum absolute atomic E-state index is 0.0221. The van der Waals surface area contributed by atoms with Crippen LogP contribution in [0.15, 0.2) is 42.5 Å². The summed E-state index contributed by atoms with van der Waals surface area (Å²) in [5.41, 5.74) is 4.58. The number of carbonyl (C=O) groups excluding carboxylic acids is 1. The summed E-state index contributed by atoms with van der Waals surface area (Å²) in [7, 11) is 3.48. The fraction of sp³-hybridized carbons (Fsp3) is 0.222. The van der Waals surface area contributed by atoms with E-state index in [2.05, 4.69) is 34.3 Å². The molecule has 0 saturated heterocycles. The van der Waals surface area contributed by atoms with Crippen LogP contribution < -0.4 is 5.32 Å². The number of aromatic amines is 1. The first-order valence-electron chi connectivity index (χ1n) is 7.64. The van der Waals surface area contributed by atoms with Crippen LogP contribution in [0.25, 0.3) is 11.0 Å². The number of amides is 1. The van der Waals surface area contributed by atoms with Crippen LogP contribution >= 0.6 is 0 Å². The largest absolute Gasteiger partial charge is 0.345 e. The molecule has 2 N–H and O–H groups in total. The first kappa shape index (κ1) is 15.1. The number of benzene rings is 2. The van der Waals surface area contributed by atoms with Crippen LogP contribution in [0.5, 0.6) is 0 Å². The molecule has 1 amide bonds. The Morgan fingerprint density at radius 1 is 1.17 bits per heavy atom. The molecule has 0 aliphatic rings. The second-order valence-electron chi connectivity index (χ2n) is 5.69. The number of imidazole rings is 1. The highest BCUT2D eigenvalue weighted by atomic mass is 16.2. The second kappa shape index (κ2) is 6.12. The summed E-state index contributed by atoms with van der Waals surface area (Å²) in [6.45, 7) is 2.13. The molecule has 0 saturated carbocycles. The number of hydrogen-bond donors (Lipinski definition) is 2. The first-order valence-corrected chi connectivity index (χ1v) is 7.64. The van der Waals surface area contributed by atoms with E-state index in [0.29, 0.717) is 11.5 Å². The van der Waals surface area contributed by atoms with Crippen LogP contribution in [-0.4, -0.2) is 34.9 Å². The molecule has 0 atom stereocenters. The zero-order chi connectivity index (χ0) is 16.4. The summed E-state index contributed by atoms with van der Waals surface area (Å²) in [5.74, 6) is 0.643. The van der Waals surface area contributed by atoms with Crippen molar-refractivity contribution in [3.05, 3.63) is 53.6 Å². The van der Waals surface area contributed by atoms with Gasteiger partial charge in [-0.05, 0) is 42.3 Å². The maximum atomic E-state index is 12.0. The van der Waals surface area contributed by atoms with Crippen LogP contribution in [0.2, 0.25) is 0 Å². The molecule has 0 spiro atoms. The predicted molar refractivity (Wildman–Crippen MR) is 93.2 cm³/mol. The van der Waals surface area contributed by atoms with E-state index in [9.17, 15) is 4.79 Å². The van der Waals surface area contributed by atoms with Gasteiger partial charge in [-0.1, -0.05) is 19.1 Å². The third-order valence-electron chi connectivity index (χ3n) is 3.76. The molecule has 1 aromatic heterocycles. The Balaban J connectivity index is 1.85. The maximum Gasteiger partial charge on any atom is 0.253 e. The lowest BCUT2D eigenvalue weighted by Gasteiger charge is -2.09. The van der Waals surface area contributed by atoms with Crippen molar-refractivity contribution in [3.8, 4) is 0 Å². The highest BCUT2D eigenvalue weighted by Gasteiger charge is 2.10. The zero-order valence-electron chi connectivity index (χ0n) is 13.6. The van der Waals surface area contributed by atoms with Gasteiger partial charge < -0.3 is 15.2 Å². The van der Waals surface area contributed by atoms with E-state index < -0.39 is 0 Å². The monoisotopic (exact) mass is 308 g/mol. The summed E-state index contributed by atoms with van der Waals surface area (Å²) < 4.78 is 0. The van der Waals surface area contributed by atoms with E-state index in [4.69, 9.17) is 0 Å². The number of fused-ring (bicyclic) bond motifs is 1. The van der Waals surface area contributed by atoms with Crippen LogP contribution in [0.3, 0.4) is 0 Å². The van der Waals surface area contributed by atoms with Crippen molar-refractivity contribution in [3.63, 3.8) is 0 Å². The molecule has 5 nitrogen and oxygen atoms in total. The highest BCUT2D eigenvalue weighted by molar-refractivity contribution is 5.97. The third kappa shape index (κ3) is 3.18. The standard InChI is InChI=1S/C18H20N4O/c1-4-12-5-8-14(9-6-12)19-18-20-15-10-7-13(11-16(15)21-18)17(23)22(2)3/h5-11H,4H2,1-3H3,(H2,19,20,21). The number of H-pyrrole nitrogens is 1. The Hall–Kier alpha value is -2.82. The Bertz CT molecular complexity index is 834. The van der Waals surface area contributed by atoms with Crippen molar-refractivity contribution >= 4 is 28.6 Å². The number of carbonyl (C=O) groups is 1. The molecule has 0 bridgehead atoms. The number of anilines is 2. The van der Waals surface area contributed by atoms with Crippen LogP contribution in [0.4, 0.5) is 11.6 Å². The molecule has 2 aromatic carbocycles. The average Bonchev–Trinajstić information content (AvgIpc) is 2.96. The van der Waals surface area contributed by atoms with Gasteiger partial charge in [0, 0.05) is 25.3 Å². The molecular formula is C18H20N4O. The SMILES string of the molecule is CCc1ccc(Nc2nc3ccc(C(=O)N(C)C)cc3[nH]2)cc1. The van der Waals surface area contributed by atoms with Gasteiger partial charge in [-0.15, -0.1) is 0 Å². The molecule has 1 heterocycles. The van der Waals surface area contributed by atoms with Crippen molar-refractivity contribution in [1.29, 1.82) is 0 Å². The number of aryl methyl sites for hydroxylation is 1. The Morgan fingerprint density at radius 2 is 1.91 bits per heavy atom. The molecule has 0 radical (unpaired) electrons. The Kier molecular flexibility index (Phi) is 4.02. The lowest BCUT2D eigenvalue weighted by atomic mass is 10.1. The van der Waals surface area contributed by atoms with Crippen molar-refractivity contribution in [1.82, 2.24) is 14.9 Å². The second-order valence-corrected chi connectivity index (χ2v) is 5.69. The smallest absolute Gasteiger partial charge is 0.253 e. The molecule has 3 rings (SSSR count). The third-order valence-corrected chi connectivity index (χ3v) is 3.76. The minimum atomic E-state index is -0.0221. The minimum Gasteiger partial charge on any atom is -0.345 e. The molecule has 23 heavy (non-hydrogen) atoms. The highest BCUT2D eigenvalue weighted by Crippen LogP contribution is 2.20. The van der Waals surface area contributed by atoms with Gasteiger partial charge >= 0.3 is 0 Å². The number of hydrogen-bond acceptors (Lipinski definition) is 3. The van der Waals surface area contributed by atoms with Gasteiger partial charge in [0.2, 0.25) is 5.95 Å². The normalized spacial score (nSPS) is 10.7. The van der Waals surface area contributed by atoms with Crippen LogP contribution in [-0.2, 0) is 6.42 Å². The number of nitrogens with one attached hydrogen (secondary N) is 2. The number of rotatable bonds is 4. The van der Waals surface area contributed by atoms with Gasteiger partial charge in [0.1, 0.15) is 0 Å². The molecule has 5 heteroatoms. The lowest BCUT2D eigenvalue weighted by molar-refractivity contribution is 0.0828. The fourth-order valence-electron chi connectivity index (χ4n) is 2.42. The summed E-state index contributed by atoms with van der Waals surface area (Å²) in [4.78, 5) is 21.3. The van der Waals surface area contributed by atoms with Gasteiger partial charge in [-0.25, -0.2) is 4.98 Å². The fourth-order valence-corrected chi connectivity index (χ4v) is 2.42. The number of nitrogens with zero attached hydrogens (tertiary/aromatic N) is 2.